The maximum Gasteiger partial charge on any atom is 0.220 e. The highest BCUT2D eigenvalue weighted by Gasteiger charge is 2.13. The third-order valence-corrected chi connectivity index (χ3v) is 5.24. The Hall–Kier alpha value is -2.88. The van der Waals surface area contributed by atoms with Gasteiger partial charge < -0.3 is 5.32 Å². The van der Waals surface area contributed by atoms with E-state index in [4.69, 9.17) is 0 Å². The minimum absolute atomic E-state index is 0.0779. The number of nitrogens with zero attached hydrogens (tertiary/aromatic N) is 2. The summed E-state index contributed by atoms with van der Waals surface area (Å²) >= 11 is 0. The molecular weight excluding hydrogens is 346 g/mol. The number of rotatable bonds is 8. The van der Waals surface area contributed by atoms with Gasteiger partial charge in [-0.2, -0.15) is 5.10 Å². The lowest BCUT2D eigenvalue weighted by Crippen LogP contribution is -2.23. The van der Waals surface area contributed by atoms with Crippen molar-refractivity contribution >= 4 is 5.91 Å². The summed E-state index contributed by atoms with van der Waals surface area (Å²) in [7, 11) is 0. The molecule has 0 bridgehead atoms. The molecule has 0 atom stereocenters. The summed E-state index contributed by atoms with van der Waals surface area (Å²) in [6.45, 7) is 7.49. The zero-order valence-electron chi connectivity index (χ0n) is 17.0. The Morgan fingerprint density at radius 2 is 1.64 bits per heavy atom. The predicted octanol–water partition coefficient (Wildman–Crippen LogP) is 4.36. The number of benzene rings is 2. The average Bonchev–Trinajstić information content (AvgIpc) is 2.98. The van der Waals surface area contributed by atoms with Crippen LogP contribution in [0.15, 0.2) is 54.6 Å². The van der Waals surface area contributed by atoms with Gasteiger partial charge in [0.2, 0.25) is 5.91 Å². The van der Waals surface area contributed by atoms with E-state index in [1.165, 1.54) is 16.7 Å². The van der Waals surface area contributed by atoms with Crippen LogP contribution in [0, 0.1) is 13.8 Å². The molecule has 4 heteroatoms. The van der Waals surface area contributed by atoms with Gasteiger partial charge in [0.1, 0.15) is 0 Å². The van der Waals surface area contributed by atoms with Crippen molar-refractivity contribution in [1.29, 1.82) is 0 Å². The molecule has 0 aliphatic rings. The van der Waals surface area contributed by atoms with Crippen molar-refractivity contribution in [2.45, 2.75) is 53.1 Å². The molecule has 2 aromatic carbocycles. The second-order valence-electron chi connectivity index (χ2n) is 7.24. The molecular formula is C24H29N3O. The van der Waals surface area contributed by atoms with Gasteiger partial charge in [-0.05, 0) is 43.4 Å². The Bertz CT molecular complexity index is 911. The van der Waals surface area contributed by atoms with Crippen LogP contribution in [-0.2, 0) is 30.7 Å². The fourth-order valence-corrected chi connectivity index (χ4v) is 3.38. The summed E-state index contributed by atoms with van der Waals surface area (Å²) in [5, 5.41) is 7.72. The SMILES string of the molecule is CCc1ccc(CCC(=O)NCc2c(C)nn(Cc3ccccc3)c2C)cc1. The Morgan fingerprint density at radius 3 is 2.32 bits per heavy atom. The van der Waals surface area contributed by atoms with Crippen LogP contribution in [0.25, 0.3) is 0 Å². The summed E-state index contributed by atoms with van der Waals surface area (Å²) in [4.78, 5) is 12.3. The molecule has 3 rings (SSSR count). The van der Waals surface area contributed by atoms with Gasteiger partial charge >= 0.3 is 0 Å². The molecule has 0 fully saturated rings. The van der Waals surface area contributed by atoms with E-state index in [1.807, 2.05) is 29.8 Å². The van der Waals surface area contributed by atoms with Crippen LogP contribution >= 0.6 is 0 Å². The normalized spacial score (nSPS) is 10.8. The zero-order valence-corrected chi connectivity index (χ0v) is 17.0. The Labute approximate surface area is 167 Å². The van der Waals surface area contributed by atoms with Gasteiger partial charge in [0.15, 0.2) is 0 Å². The highest BCUT2D eigenvalue weighted by Crippen LogP contribution is 2.15. The Morgan fingerprint density at radius 1 is 0.964 bits per heavy atom. The maximum absolute atomic E-state index is 12.3. The van der Waals surface area contributed by atoms with Crippen LogP contribution in [0.4, 0.5) is 0 Å². The highest BCUT2D eigenvalue weighted by molar-refractivity contribution is 5.76. The van der Waals surface area contributed by atoms with Crippen LogP contribution in [-0.4, -0.2) is 15.7 Å². The summed E-state index contributed by atoms with van der Waals surface area (Å²) in [5.41, 5.74) is 6.94. The van der Waals surface area contributed by atoms with E-state index in [0.717, 1.165) is 36.3 Å². The van der Waals surface area contributed by atoms with E-state index in [-0.39, 0.29) is 5.91 Å². The van der Waals surface area contributed by atoms with E-state index < -0.39 is 0 Å². The van der Waals surface area contributed by atoms with Crippen LogP contribution < -0.4 is 5.32 Å². The minimum atomic E-state index is 0.0779. The average molecular weight is 376 g/mol. The lowest BCUT2D eigenvalue weighted by Gasteiger charge is -2.08. The number of nitrogens with one attached hydrogen (secondary N) is 1. The quantitative estimate of drug-likeness (QED) is 0.636. The van der Waals surface area contributed by atoms with Gasteiger partial charge in [-0.25, -0.2) is 0 Å². The maximum atomic E-state index is 12.3. The summed E-state index contributed by atoms with van der Waals surface area (Å²) in [6.07, 6.45) is 2.31. The molecule has 0 saturated heterocycles. The molecule has 146 valence electrons. The number of aromatic nitrogens is 2. The molecule has 1 heterocycles. The first-order chi connectivity index (χ1) is 13.6. The molecule has 0 radical (unpaired) electrons. The van der Waals surface area contributed by atoms with Gasteiger partial charge in [0.05, 0.1) is 12.2 Å². The largest absolute Gasteiger partial charge is 0.352 e. The third kappa shape index (κ3) is 5.10. The first kappa shape index (κ1) is 19.9. The smallest absolute Gasteiger partial charge is 0.220 e. The molecule has 1 N–H and O–H groups in total. The van der Waals surface area contributed by atoms with Crippen LogP contribution in [0.3, 0.4) is 0 Å². The first-order valence-corrected chi connectivity index (χ1v) is 9.98. The monoisotopic (exact) mass is 375 g/mol. The number of hydrogen-bond acceptors (Lipinski definition) is 2. The van der Waals surface area contributed by atoms with Gasteiger partial charge in [0, 0.05) is 24.2 Å². The van der Waals surface area contributed by atoms with Crippen molar-refractivity contribution in [2.24, 2.45) is 0 Å². The van der Waals surface area contributed by atoms with Crippen molar-refractivity contribution < 1.29 is 4.79 Å². The predicted molar refractivity (Wildman–Crippen MR) is 113 cm³/mol. The van der Waals surface area contributed by atoms with E-state index in [9.17, 15) is 4.79 Å². The fraction of sp³-hybridized carbons (Fsp3) is 0.333. The summed E-state index contributed by atoms with van der Waals surface area (Å²) < 4.78 is 2.02. The van der Waals surface area contributed by atoms with Gasteiger partial charge in [-0.15, -0.1) is 0 Å². The van der Waals surface area contributed by atoms with Gasteiger partial charge in [0.25, 0.3) is 0 Å². The molecule has 0 spiro atoms. The first-order valence-electron chi connectivity index (χ1n) is 9.98. The van der Waals surface area contributed by atoms with Crippen molar-refractivity contribution in [3.8, 4) is 0 Å². The van der Waals surface area contributed by atoms with Crippen LogP contribution in [0.2, 0.25) is 0 Å². The van der Waals surface area contributed by atoms with Crippen molar-refractivity contribution in [3.05, 3.63) is 88.2 Å². The van der Waals surface area contributed by atoms with Crippen LogP contribution in [0.5, 0.6) is 0 Å². The van der Waals surface area contributed by atoms with E-state index in [0.29, 0.717) is 13.0 Å². The molecule has 0 aliphatic carbocycles. The second kappa shape index (κ2) is 9.36. The van der Waals surface area contributed by atoms with Crippen molar-refractivity contribution in [3.63, 3.8) is 0 Å². The van der Waals surface area contributed by atoms with Crippen molar-refractivity contribution in [2.75, 3.05) is 0 Å². The topological polar surface area (TPSA) is 46.9 Å². The molecule has 1 amide bonds. The molecule has 3 aromatic rings. The highest BCUT2D eigenvalue weighted by atomic mass is 16.1. The molecule has 0 aliphatic heterocycles. The van der Waals surface area contributed by atoms with E-state index in [1.54, 1.807) is 0 Å². The number of aryl methyl sites for hydroxylation is 3. The lowest BCUT2D eigenvalue weighted by molar-refractivity contribution is -0.121. The van der Waals surface area contributed by atoms with E-state index >= 15 is 0 Å². The van der Waals surface area contributed by atoms with Crippen molar-refractivity contribution in [1.82, 2.24) is 15.1 Å². The second-order valence-corrected chi connectivity index (χ2v) is 7.24. The molecule has 0 unspecified atom stereocenters. The van der Waals surface area contributed by atoms with Crippen LogP contribution in [0.1, 0.15) is 47.0 Å². The van der Waals surface area contributed by atoms with Gasteiger partial charge in [-0.1, -0.05) is 61.5 Å². The number of hydrogen-bond donors (Lipinski definition) is 1. The summed E-state index contributed by atoms with van der Waals surface area (Å²) in [5.74, 6) is 0.0779. The molecule has 4 nitrogen and oxygen atoms in total. The summed E-state index contributed by atoms with van der Waals surface area (Å²) in [6, 6.07) is 18.8. The third-order valence-electron chi connectivity index (χ3n) is 5.24. The standard InChI is InChI=1S/C24H29N3O/c1-4-20-10-12-21(13-11-20)14-15-24(28)25-16-23-18(2)26-27(19(23)3)17-22-8-6-5-7-9-22/h5-13H,4,14-17H2,1-3H3,(H,25,28). The number of amides is 1. The fourth-order valence-electron chi connectivity index (χ4n) is 3.38. The molecule has 28 heavy (non-hydrogen) atoms. The number of carbonyl (C=O) groups is 1. The number of carbonyl (C=O) groups excluding carboxylic acids is 1. The molecule has 0 saturated carbocycles. The molecule has 1 aromatic heterocycles. The van der Waals surface area contributed by atoms with Gasteiger partial charge in [-0.3, -0.25) is 9.48 Å². The minimum Gasteiger partial charge on any atom is -0.352 e. The Kier molecular flexibility index (Phi) is 6.64. The zero-order chi connectivity index (χ0) is 19.9. The Balaban J connectivity index is 1.54. The van der Waals surface area contributed by atoms with E-state index in [2.05, 4.69) is 60.7 Å². The lowest BCUT2D eigenvalue weighted by atomic mass is 10.1.